The van der Waals surface area contributed by atoms with Crippen molar-refractivity contribution in [2.45, 2.75) is 0 Å². The van der Waals surface area contributed by atoms with E-state index in [9.17, 15) is 9.18 Å². The number of halogens is 3. The van der Waals surface area contributed by atoms with Crippen molar-refractivity contribution in [3.8, 4) is 0 Å². The van der Waals surface area contributed by atoms with E-state index in [1.807, 2.05) is 22.6 Å². The number of carbonyl (C=O) groups is 1. The first-order chi connectivity index (χ1) is 8.99. The van der Waals surface area contributed by atoms with Gasteiger partial charge in [0, 0.05) is 9.77 Å². The van der Waals surface area contributed by atoms with Crippen LogP contribution in [0, 0.1) is 9.39 Å². The van der Waals surface area contributed by atoms with Crippen molar-refractivity contribution in [3.05, 3.63) is 50.6 Å². The molecular weight excluding hydrogens is 384 g/mol. The van der Waals surface area contributed by atoms with E-state index in [2.05, 4.69) is 10.3 Å². The molecule has 2 aromatic rings. The maximum absolute atomic E-state index is 13.8. The lowest BCUT2D eigenvalue weighted by atomic mass is 10.2. The molecule has 3 N–H and O–H groups in total. The van der Waals surface area contributed by atoms with E-state index < -0.39 is 11.7 Å². The van der Waals surface area contributed by atoms with Gasteiger partial charge in [0.1, 0.15) is 5.82 Å². The van der Waals surface area contributed by atoms with E-state index in [4.69, 9.17) is 17.3 Å². The Morgan fingerprint density at radius 1 is 1.42 bits per heavy atom. The summed E-state index contributed by atoms with van der Waals surface area (Å²) in [6.45, 7) is 0. The summed E-state index contributed by atoms with van der Waals surface area (Å²) in [5, 5.41) is 2.79. The van der Waals surface area contributed by atoms with Crippen LogP contribution in [0.5, 0.6) is 0 Å². The van der Waals surface area contributed by atoms with Crippen LogP contribution in [-0.4, -0.2) is 10.9 Å². The molecule has 98 valence electrons. The van der Waals surface area contributed by atoms with Gasteiger partial charge in [0.05, 0.1) is 16.9 Å². The smallest absolute Gasteiger partial charge is 0.250 e. The highest BCUT2D eigenvalue weighted by molar-refractivity contribution is 14.1. The molecule has 0 saturated heterocycles. The van der Waals surface area contributed by atoms with Crippen LogP contribution in [-0.2, 0) is 0 Å². The fourth-order valence-electron chi connectivity index (χ4n) is 1.49. The molecule has 1 aromatic heterocycles. The van der Waals surface area contributed by atoms with Crippen LogP contribution < -0.4 is 11.1 Å². The Balaban J connectivity index is 2.46. The van der Waals surface area contributed by atoms with Gasteiger partial charge in [0.15, 0.2) is 5.15 Å². The fourth-order valence-corrected chi connectivity index (χ4v) is 2.14. The molecule has 0 fully saturated rings. The summed E-state index contributed by atoms with van der Waals surface area (Å²) >= 11 is 7.90. The number of pyridine rings is 1. The molecule has 19 heavy (non-hydrogen) atoms. The summed E-state index contributed by atoms with van der Waals surface area (Å²) in [4.78, 5) is 15.1. The van der Waals surface area contributed by atoms with Gasteiger partial charge in [0.2, 0.25) is 0 Å². The molecule has 1 heterocycles. The first-order valence-electron chi connectivity index (χ1n) is 5.15. The number of nitrogens with zero attached hydrogens (tertiary/aromatic N) is 1. The third-order valence-corrected chi connectivity index (χ3v) is 3.32. The zero-order valence-corrected chi connectivity index (χ0v) is 12.4. The number of nitrogens with two attached hydrogens (primary N) is 1. The van der Waals surface area contributed by atoms with Gasteiger partial charge in [-0.3, -0.25) is 4.79 Å². The van der Waals surface area contributed by atoms with E-state index in [1.54, 1.807) is 12.1 Å². The fraction of sp³-hybridized carbons (Fsp3) is 0. The topological polar surface area (TPSA) is 68.0 Å². The zero-order valence-electron chi connectivity index (χ0n) is 9.45. The maximum Gasteiger partial charge on any atom is 0.250 e. The summed E-state index contributed by atoms with van der Waals surface area (Å²) in [6.07, 6.45) is 1.36. The molecule has 0 atom stereocenters. The maximum atomic E-state index is 13.8. The number of anilines is 2. The van der Waals surface area contributed by atoms with Gasteiger partial charge in [-0.2, -0.15) is 0 Å². The molecule has 0 aliphatic carbocycles. The number of hydrogen-bond donors (Lipinski definition) is 2. The lowest BCUT2D eigenvalue weighted by molar-refractivity contribution is 0.100. The SMILES string of the molecule is NC(=O)c1ccnc(Cl)c1Nc1ccc(I)cc1F. The van der Waals surface area contributed by atoms with E-state index in [0.717, 1.165) is 3.57 Å². The van der Waals surface area contributed by atoms with Crippen LogP contribution in [0.25, 0.3) is 0 Å². The zero-order chi connectivity index (χ0) is 14.0. The highest BCUT2D eigenvalue weighted by Crippen LogP contribution is 2.29. The van der Waals surface area contributed by atoms with Crippen molar-refractivity contribution < 1.29 is 9.18 Å². The van der Waals surface area contributed by atoms with Crippen molar-refractivity contribution in [2.75, 3.05) is 5.32 Å². The second-order valence-electron chi connectivity index (χ2n) is 3.64. The molecule has 1 amide bonds. The quantitative estimate of drug-likeness (QED) is 0.623. The lowest BCUT2D eigenvalue weighted by Gasteiger charge is -2.12. The van der Waals surface area contributed by atoms with Gasteiger partial charge in [0.25, 0.3) is 5.91 Å². The van der Waals surface area contributed by atoms with Gasteiger partial charge in [-0.15, -0.1) is 0 Å². The first-order valence-corrected chi connectivity index (χ1v) is 6.61. The monoisotopic (exact) mass is 391 g/mol. The van der Waals surface area contributed by atoms with Crippen molar-refractivity contribution in [3.63, 3.8) is 0 Å². The number of benzene rings is 1. The number of amides is 1. The number of rotatable bonds is 3. The minimum Gasteiger partial charge on any atom is -0.366 e. The van der Waals surface area contributed by atoms with Crippen molar-refractivity contribution in [1.29, 1.82) is 0 Å². The van der Waals surface area contributed by atoms with Gasteiger partial charge in [-0.05, 0) is 46.9 Å². The van der Waals surface area contributed by atoms with Gasteiger partial charge < -0.3 is 11.1 Å². The number of aromatic nitrogens is 1. The van der Waals surface area contributed by atoms with Gasteiger partial charge in [-0.1, -0.05) is 11.6 Å². The summed E-state index contributed by atoms with van der Waals surface area (Å²) in [5.41, 5.74) is 5.77. The van der Waals surface area contributed by atoms with Crippen LogP contribution >= 0.6 is 34.2 Å². The third kappa shape index (κ3) is 3.13. The molecule has 0 radical (unpaired) electrons. The number of nitrogens with one attached hydrogen (secondary N) is 1. The Morgan fingerprint density at radius 2 is 2.16 bits per heavy atom. The standard InChI is InChI=1S/C12H8ClFIN3O/c13-11-10(7(12(16)19)3-4-17-11)18-9-2-1-6(15)5-8(9)14/h1-5,18H,(H2,16,19). The van der Waals surface area contributed by atoms with Gasteiger partial charge >= 0.3 is 0 Å². The largest absolute Gasteiger partial charge is 0.366 e. The molecule has 1 aromatic carbocycles. The molecule has 0 saturated carbocycles. The lowest BCUT2D eigenvalue weighted by Crippen LogP contribution is -2.14. The predicted octanol–water partition coefficient (Wildman–Crippen LogP) is 3.32. The van der Waals surface area contributed by atoms with Crippen LogP contribution in [0.4, 0.5) is 15.8 Å². The summed E-state index contributed by atoms with van der Waals surface area (Å²) in [5.74, 6) is -1.13. The Hall–Kier alpha value is -1.41. The Kier molecular flexibility index (Phi) is 4.20. The average Bonchev–Trinajstić information content (AvgIpc) is 2.34. The van der Waals surface area contributed by atoms with Crippen LogP contribution in [0.1, 0.15) is 10.4 Å². The van der Waals surface area contributed by atoms with Gasteiger partial charge in [-0.25, -0.2) is 9.37 Å². The van der Waals surface area contributed by atoms with E-state index in [0.29, 0.717) is 0 Å². The summed E-state index contributed by atoms with van der Waals surface area (Å²) in [7, 11) is 0. The third-order valence-electron chi connectivity index (χ3n) is 2.36. The van der Waals surface area contributed by atoms with Crippen molar-refractivity contribution in [1.82, 2.24) is 4.98 Å². The predicted molar refractivity (Wildman–Crippen MR) is 80.2 cm³/mol. The molecule has 0 aliphatic rings. The number of carbonyl (C=O) groups excluding carboxylic acids is 1. The van der Waals surface area contributed by atoms with E-state index in [-0.39, 0.29) is 22.1 Å². The molecule has 7 heteroatoms. The number of primary amides is 1. The first kappa shape index (κ1) is 14.0. The molecule has 0 aliphatic heterocycles. The van der Waals surface area contributed by atoms with E-state index in [1.165, 1.54) is 18.3 Å². The molecule has 0 unspecified atom stereocenters. The minimum absolute atomic E-state index is 0.0502. The summed E-state index contributed by atoms with van der Waals surface area (Å²) < 4.78 is 14.5. The Morgan fingerprint density at radius 3 is 2.79 bits per heavy atom. The molecule has 0 bridgehead atoms. The second kappa shape index (κ2) is 5.70. The molecular formula is C12H8ClFIN3O. The molecule has 2 rings (SSSR count). The van der Waals surface area contributed by atoms with Crippen molar-refractivity contribution in [2.24, 2.45) is 5.73 Å². The highest BCUT2D eigenvalue weighted by Gasteiger charge is 2.14. The van der Waals surface area contributed by atoms with Crippen LogP contribution in [0.2, 0.25) is 5.15 Å². The van der Waals surface area contributed by atoms with E-state index >= 15 is 0 Å². The number of hydrogen-bond acceptors (Lipinski definition) is 3. The van der Waals surface area contributed by atoms with Crippen LogP contribution in [0.3, 0.4) is 0 Å². The normalized spacial score (nSPS) is 10.3. The van der Waals surface area contributed by atoms with Crippen molar-refractivity contribution >= 4 is 51.5 Å². The minimum atomic E-state index is -0.669. The summed E-state index contributed by atoms with van der Waals surface area (Å²) in [6, 6.07) is 6.05. The molecule has 0 spiro atoms. The Labute approximate surface area is 127 Å². The van der Waals surface area contributed by atoms with Crippen LogP contribution in [0.15, 0.2) is 30.5 Å². The molecule has 4 nitrogen and oxygen atoms in total. The second-order valence-corrected chi connectivity index (χ2v) is 5.24. The Bertz CT molecular complexity index is 651. The highest BCUT2D eigenvalue weighted by atomic mass is 127. The average molecular weight is 392 g/mol.